The van der Waals surface area contributed by atoms with E-state index in [1.54, 1.807) is 13.1 Å². The molecule has 0 aromatic carbocycles. The number of rotatable bonds is 4. The van der Waals surface area contributed by atoms with Crippen molar-refractivity contribution in [3.63, 3.8) is 0 Å². The van der Waals surface area contributed by atoms with E-state index < -0.39 is 0 Å². The van der Waals surface area contributed by atoms with E-state index in [1.807, 2.05) is 17.7 Å². The van der Waals surface area contributed by atoms with Crippen molar-refractivity contribution in [1.29, 1.82) is 0 Å². The largest absolute Gasteiger partial charge is 0.317 e. The highest BCUT2D eigenvalue weighted by molar-refractivity contribution is 6.19. The summed E-state index contributed by atoms with van der Waals surface area (Å²) < 4.78 is 1.86. The molecule has 1 N–H and O–H groups in total. The van der Waals surface area contributed by atoms with Crippen LogP contribution in [0.4, 0.5) is 5.95 Å². The first-order chi connectivity index (χ1) is 6.69. The fraction of sp³-hybridized carbons (Fsp3) is 0.556. The molecule has 0 aliphatic rings. The average Bonchev–Trinajstić information content (AvgIpc) is 2.63. The lowest BCUT2D eigenvalue weighted by Gasteiger charge is -2.09. The van der Waals surface area contributed by atoms with Crippen molar-refractivity contribution in [2.75, 3.05) is 11.2 Å². The van der Waals surface area contributed by atoms with Crippen LogP contribution < -0.4 is 5.32 Å². The van der Waals surface area contributed by atoms with Crippen LogP contribution in [0.2, 0.25) is 0 Å². The summed E-state index contributed by atoms with van der Waals surface area (Å²) in [4.78, 5) is 15.5. The molecule has 1 atom stereocenters. The van der Waals surface area contributed by atoms with Gasteiger partial charge in [-0.05, 0) is 6.92 Å². The van der Waals surface area contributed by atoms with Gasteiger partial charge in [0.1, 0.15) is 0 Å². The zero-order valence-corrected chi connectivity index (χ0v) is 9.08. The number of aromatic nitrogens is 2. The van der Waals surface area contributed by atoms with Gasteiger partial charge in [0.15, 0.2) is 0 Å². The van der Waals surface area contributed by atoms with Gasteiger partial charge in [0.2, 0.25) is 11.9 Å². The molecule has 0 saturated carbocycles. The number of anilines is 1. The Kier molecular flexibility index (Phi) is 3.95. The lowest BCUT2D eigenvalue weighted by Crippen LogP contribution is -2.23. The molecule has 1 unspecified atom stereocenters. The number of carbonyl (C=O) groups is 1. The van der Waals surface area contributed by atoms with Crippen molar-refractivity contribution < 1.29 is 4.79 Å². The molecule has 0 fully saturated rings. The van der Waals surface area contributed by atoms with E-state index in [4.69, 9.17) is 11.6 Å². The number of alkyl halides is 1. The molecule has 78 valence electrons. The second kappa shape index (κ2) is 5.00. The summed E-state index contributed by atoms with van der Waals surface area (Å²) in [6.07, 6.45) is 3.48. The summed E-state index contributed by atoms with van der Waals surface area (Å²) >= 11 is 5.57. The van der Waals surface area contributed by atoms with Gasteiger partial charge in [-0.15, -0.1) is 11.6 Å². The molecule has 0 bridgehead atoms. The van der Waals surface area contributed by atoms with Crippen molar-refractivity contribution in [3.8, 4) is 0 Å². The quantitative estimate of drug-likeness (QED) is 0.778. The van der Waals surface area contributed by atoms with Crippen LogP contribution >= 0.6 is 11.6 Å². The molecule has 0 aliphatic carbocycles. The van der Waals surface area contributed by atoms with E-state index in [1.165, 1.54) is 0 Å². The first kappa shape index (κ1) is 11.0. The van der Waals surface area contributed by atoms with Gasteiger partial charge < -0.3 is 4.57 Å². The van der Waals surface area contributed by atoms with Crippen LogP contribution in [-0.2, 0) is 11.3 Å². The molecule has 0 saturated heterocycles. The molecule has 1 aromatic heterocycles. The predicted molar refractivity (Wildman–Crippen MR) is 56.4 cm³/mol. The topological polar surface area (TPSA) is 46.9 Å². The molecular formula is C9H14ClN3O. The summed E-state index contributed by atoms with van der Waals surface area (Å²) in [6, 6.07) is 0. The number of imidazole rings is 1. The maximum atomic E-state index is 11.5. The summed E-state index contributed by atoms with van der Waals surface area (Å²) in [5, 5.41) is 2.72. The summed E-state index contributed by atoms with van der Waals surface area (Å²) in [5.41, 5.74) is 0. The summed E-state index contributed by atoms with van der Waals surface area (Å²) in [5.74, 6) is 0.604. The number of halogens is 1. The highest BCUT2D eigenvalue weighted by Gasteiger charge is 2.13. The number of nitrogens with one attached hydrogen (secondary N) is 1. The summed E-state index contributed by atoms with van der Waals surface area (Å²) in [7, 11) is 0. The number of amides is 1. The van der Waals surface area contributed by atoms with E-state index in [2.05, 4.69) is 10.3 Å². The Morgan fingerprint density at radius 1 is 1.79 bits per heavy atom. The second-order valence-corrected chi connectivity index (χ2v) is 3.39. The zero-order chi connectivity index (χ0) is 10.6. The van der Waals surface area contributed by atoms with Crippen LogP contribution in [0.25, 0.3) is 0 Å². The average molecular weight is 216 g/mol. The smallest absolute Gasteiger partial charge is 0.230 e. The monoisotopic (exact) mass is 215 g/mol. The molecule has 1 heterocycles. The molecule has 0 spiro atoms. The van der Waals surface area contributed by atoms with Crippen LogP contribution in [0, 0.1) is 5.92 Å². The lowest BCUT2D eigenvalue weighted by atomic mass is 10.2. The van der Waals surface area contributed by atoms with Crippen LogP contribution in [0.1, 0.15) is 13.8 Å². The van der Waals surface area contributed by atoms with Crippen molar-refractivity contribution in [2.45, 2.75) is 20.4 Å². The third-order valence-corrected chi connectivity index (χ3v) is 2.43. The number of aryl methyl sites for hydroxylation is 1. The second-order valence-electron chi connectivity index (χ2n) is 3.08. The molecule has 1 aromatic rings. The van der Waals surface area contributed by atoms with Gasteiger partial charge in [-0.2, -0.15) is 0 Å². The molecule has 5 heteroatoms. The molecule has 0 radical (unpaired) electrons. The fourth-order valence-electron chi connectivity index (χ4n) is 0.992. The van der Waals surface area contributed by atoms with Gasteiger partial charge in [0, 0.05) is 30.7 Å². The van der Waals surface area contributed by atoms with Gasteiger partial charge in [-0.3, -0.25) is 10.1 Å². The van der Waals surface area contributed by atoms with Gasteiger partial charge in [-0.25, -0.2) is 4.98 Å². The Bertz CT molecular complexity index is 311. The minimum Gasteiger partial charge on any atom is -0.317 e. The maximum Gasteiger partial charge on any atom is 0.230 e. The first-order valence-electron chi connectivity index (χ1n) is 4.57. The highest BCUT2D eigenvalue weighted by atomic mass is 35.5. The Labute approximate surface area is 88.3 Å². The van der Waals surface area contributed by atoms with E-state index in [9.17, 15) is 4.79 Å². The van der Waals surface area contributed by atoms with Crippen LogP contribution in [-0.4, -0.2) is 21.3 Å². The van der Waals surface area contributed by atoms with Gasteiger partial charge in [0.05, 0.1) is 0 Å². The fourth-order valence-corrected chi connectivity index (χ4v) is 1.13. The molecule has 1 rings (SSSR count). The number of carbonyl (C=O) groups excluding carboxylic acids is 1. The molecular weight excluding hydrogens is 202 g/mol. The third-order valence-electron chi connectivity index (χ3n) is 1.97. The van der Waals surface area contributed by atoms with Crippen molar-refractivity contribution in [2.24, 2.45) is 5.92 Å². The van der Waals surface area contributed by atoms with Gasteiger partial charge >= 0.3 is 0 Å². The van der Waals surface area contributed by atoms with E-state index in [0.717, 1.165) is 6.54 Å². The third kappa shape index (κ3) is 2.48. The Morgan fingerprint density at radius 3 is 3.07 bits per heavy atom. The molecule has 4 nitrogen and oxygen atoms in total. The van der Waals surface area contributed by atoms with Crippen molar-refractivity contribution in [3.05, 3.63) is 12.4 Å². The highest BCUT2D eigenvalue weighted by Crippen LogP contribution is 2.07. The minimum atomic E-state index is -0.196. The Balaban J connectivity index is 2.64. The standard InChI is InChI=1S/C9H14ClN3O/c1-3-13-5-4-11-9(13)12-8(14)7(2)6-10/h4-5,7H,3,6H2,1-2H3,(H,11,12,14). The normalized spacial score (nSPS) is 12.5. The number of nitrogens with zero attached hydrogens (tertiary/aromatic N) is 2. The maximum absolute atomic E-state index is 11.5. The van der Waals surface area contributed by atoms with Gasteiger partial charge in [0.25, 0.3) is 0 Å². The van der Waals surface area contributed by atoms with Crippen LogP contribution in [0.3, 0.4) is 0 Å². The minimum absolute atomic E-state index is 0.0964. The summed E-state index contributed by atoms with van der Waals surface area (Å²) in [6.45, 7) is 4.55. The van der Waals surface area contributed by atoms with E-state index >= 15 is 0 Å². The Hall–Kier alpha value is -1.03. The SMILES string of the molecule is CCn1ccnc1NC(=O)C(C)CCl. The Morgan fingerprint density at radius 2 is 2.50 bits per heavy atom. The van der Waals surface area contributed by atoms with Crippen LogP contribution in [0.15, 0.2) is 12.4 Å². The lowest BCUT2D eigenvalue weighted by molar-refractivity contribution is -0.118. The van der Waals surface area contributed by atoms with E-state index in [0.29, 0.717) is 11.8 Å². The molecule has 0 aliphatic heterocycles. The first-order valence-corrected chi connectivity index (χ1v) is 5.10. The van der Waals surface area contributed by atoms with Gasteiger partial charge in [-0.1, -0.05) is 6.92 Å². The molecule has 1 amide bonds. The van der Waals surface area contributed by atoms with Crippen molar-refractivity contribution in [1.82, 2.24) is 9.55 Å². The predicted octanol–water partition coefficient (Wildman–Crippen LogP) is 1.72. The molecule has 14 heavy (non-hydrogen) atoms. The number of hydrogen-bond donors (Lipinski definition) is 1. The van der Waals surface area contributed by atoms with E-state index in [-0.39, 0.29) is 11.8 Å². The number of hydrogen-bond acceptors (Lipinski definition) is 2. The zero-order valence-electron chi connectivity index (χ0n) is 8.33. The van der Waals surface area contributed by atoms with Crippen LogP contribution in [0.5, 0.6) is 0 Å². The van der Waals surface area contributed by atoms with Crippen molar-refractivity contribution >= 4 is 23.5 Å².